The molecule has 2 aromatic carbocycles. The van der Waals surface area contributed by atoms with E-state index in [0.29, 0.717) is 10.6 Å². The fraction of sp³-hybridized carbons (Fsp3) is 0.0526. The molecule has 0 fully saturated rings. The number of nitriles is 1. The largest absolute Gasteiger partial charge is 0.497 e. The Morgan fingerprint density at radius 3 is 2.72 bits per heavy atom. The molecule has 0 saturated carbocycles. The fourth-order valence-corrected chi connectivity index (χ4v) is 3.76. The molecule has 0 aliphatic rings. The van der Waals surface area contributed by atoms with Gasteiger partial charge in [0.15, 0.2) is 0 Å². The summed E-state index contributed by atoms with van der Waals surface area (Å²) in [5.74, 6) is 1.55. The third kappa shape index (κ3) is 2.66. The van der Waals surface area contributed by atoms with Crippen molar-refractivity contribution in [1.82, 2.24) is 9.38 Å². The SMILES string of the molecule is COc1ccc(Cl)c(-c2nc(-c3ccc(C#N)cc3)n3ccsc23)c1. The molecule has 0 aliphatic carbocycles. The van der Waals surface area contributed by atoms with Crippen LogP contribution in [0.3, 0.4) is 0 Å². The Kier molecular flexibility index (Phi) is 3.92. The molecule has 6 heteroatoms. The van der Waals surface area contributed by atoms with Crippen molar-refractivity contribution in [2.45, 2.75) is 0 Å². The normalized spacial score (nSPS) is 10.8. The number of hydrogen-bond donors (Lipinski definition) is 0. The molecule has 2 aromatic heterocycles. The van der Waals surface area contributed by atoms with Crippen molar-refractivity contribution in [1.29, 1.82) is 5.26 Å². The van der Waals surface area contributed by atoms with Crippen molar-refractivity contribution < 1.29 is 4.74 Å². The average molecular weight is 366 g/mol. The lowest BCUT2D eigenvalue weighted by atomic mass is 10.1. The average Bonchev–Trinajstić information content (AvgIpc) is 3.25. The van der Waals surface area contributed by atoms with E-state index in [2.05, 4.69) is 6.07 Å². The van der Waals surface area contributed by atoms with E-state index in [4.69, 9.17) is 26.6 Å². The van der Waals surface area contributed by atoms with Gasteiger partial charge in [0.1, 0.15) is 22.1 Å². The molecule has 0 radical (unpaired) electrons. The Hall–Kier alpha value is -2.81. The van der Waals surface area contributed by atoms with E-state index in [1.807, 2.05) is 46.3 Å². The highest BCUT2D eigenvalue weighted by Crippen LogP contribution is 2.37. The molecule has 0 spiro atoms. The van der Waals surface area contributed by atoms with Crippen molar-refractivity contribution >= 4 is 27.8 Å². The highest BCUT2D eigenvalue weighted by molar-refractivity contribution is 7.16. The quantitative estimate of drug-likeness (QED) is 0.497. The second-order valence-electron chi connectivity index (χ2n) is 5.40. The van der Waals surface area contributed by atoms with E-state index in [9.17, 15) is 0 Å². The van der Waals surface area contributed by atoms with Crippen LogP contribution in [-0.2, 0) is 0 Å². The van der Waals surface area contributed by atoms with Crippen molar-refractivity contribution in [2.75, 3.05) is 7.11 Å². The third-order valence-corrected chi connectivity index (χ3v) is 5.16. The minimum Gasteiger partial charge on any atom is -0.497 e. The zero-order valence-corrected chi connectivity index (χ0v) is 14.8. The zero-order chi connectivity index (χ0) is 17.4. The maximum absolute atomic E-state index is 8.97. The van der Waals surface area contributed by atoms with Gasteiger partial charge >= 0.3 is 0 Å². The van der Waals surface area contributed by atoms with Crippen LogP contribution in [0.4, 0.5) is 0 Å². The molecule has 25 heavy (non-hydrogen) atoms. The monoisotopic (exact) mass is 365 g/mol. The molecule has 0 unspecified atom stereocenters. The van der Waals surface area contributed by atoms with Crippen molar-refractivity contribution in [3.8, 4) is 34.5 Å². The first-order valence-electron chi connectivity index (χ1n) is 7.51. The molecule has 4 nitrogen and oxygen atoms in total. The van der Waals surface area contributed by atoms with Gasteiger partial charge in [-0.15, -0.1) is 11.3 Å². The van der Waals surface area contributed by atoms with Crippen molar-refractivity contribution in [2.24, 2.45) is 0 Å². The molecule has 0 atom stereocenters. The number of benzene rings is 2. The lowest BCUT2D eigenvalue weighted by molar-refractivity contribution is 0.415. The van der Waals surface area contributed by atoms with Crippen LogP contribution >= 0.6 is 22.9 Å². The predicted molar refractivity (Wildman–Crippen MR) is 100 cm³/mol. The van der Waals surface area contributed by atoms with Gasteiger partial charge in [0.2, 0.25) is 0 Å². The van der Waals surface area contributed by atoms with Crippen LogP contribution in [0.25, 0.3) is 27.5 Å². The predicted octanol–water partition coefficient (Wildman–Crippen LogP) is 5.26. The second kappa shape index (κ2) is 6.25. The minimum absolute atomic E-state index is 0.623. The molecule has 4 rings (SSSR count). The molecule has 122 valence electrons. The standard InChI is InChI=1S/C19H12ClN3OS/c1-24-14-6-7-16(20)15(10-14)17-19-23(8-9-25-19)18(22-17)13-4-2-12(11-21)3-5-13/h2-10H,1H3. The van der Waals surface area contributed by atoms with Crippen LogP contribution in [0.1, 0.15) is 5.56 Å². The zero-order valence-electron chi connectivity index (χ0n) is 13.2. The number of aromatic nitrogens is 2. The number of rotatable bonds is 3. The van der Waals surface area contributed by atoms with E-state index in [1.54, 1.807) is 30.6 Å². The van der Waals surface area contributed by atoms with E-state index < -0.39 is 0 Å². The first-order valence-corrected chi connectivity index (χ1v) is 8.77. The van der Waals surface area contributed by atoms with Crippen LogP contribution in [-0.4, -0.2) is 16.5 Å². The number of halogens is 1. The number of thiazole rings is 1. The van der Waals surface area contributed by atoms with Gasteiger partial charge in [-0.2, -0.15) is 5.26 Å². The van der Waals surface area contributed by atoms with Gasteiger partial charge in [-0.25, -0.2) is 4.98 Å². The fourth-order valence-electron chi connectivity index (χ4n) is 2.71. The summed E-state index contributed by atoms with van der Waals surface area (Å²) in [6.07, 6.45) is 1.98. The first-order chi connectivity index (χ1) is 12.2. The molecular formula is C19H12ClN3OS. The molecular weight excluding hydrogens is 354 g/mol. The number of methoxy groups -OCH3 is 1. The van der Waals surface area contributed by atoms with Crippen LogP contribution in [0, 0.1) is 11.3 Å². The lowest BCUT2D eigenvalue weighted by Gasteiger charge is -2.04. The Balaban J connectivity index is 1.92. The van der Waals surface area contributed by atoms with E-state index in [0.717, 1.165) is 33.2 Å². The first kappa shape index (κ1) is 15.7. The summed E-state index contributed by atoms with van der Waals surface area (Å²) in [4.78, 5) is 5.84. The topological polar surface area (TPSA) is 50.3 Å². The van der Waals surface area contributed by atoms with E-state index in [-0.39, 0.29) is 0 Å². The van der Waals surface area contributed by atoms with E-state index >= 15 is 0 Å². The lowest BCUT2D eigenvalue weighted by Crippen LogP contribution is -1.87. The summed E-state index contributed by atoms with van der Waals surface area (Å²) >= 11 is 8.02. The van der Waals surface area contributed by atoms with Crippen LogP contribution < -0.4 is 4.74 Å². The Morgan fingerprint density at radius 1 is 1.20 bits per heavy atom. The third-order valence-electron chi connectivity index (χ3n) is 3.96. The summed E-state index contributed by atoms with van der Waals surface area (Å²) in [5.41, 5.74) is 3.22. The van der Waals surface area contributed by atoms with Gasteiger partial charge in [0, 0.05) is 22.7 Å². The summed E-state index contributed by atoms with van der Waals surface area (Å²) in [7, 11) is 1.63. The van der Waals surface area contributed by atoms with Crippen LogP contribution in [0.15, 0.2) is 54.0 Å². The highest BCUT2D eigenvalue weighted by atomic mass is 35.5. The van der Waals surface area contributed by atoms with Gasteiger partial charge in [0.05, 0.1) is 23.8 Å². The molecule has 2 heterocycles. The van der Waals surface area contributed by atoms with E-state index in [1.165, 1.54) is 0 Å². The van der Waals surface area contributed by atoms with Gasteiger partial charge in [-0.05, 0) is 42.5 Å². The second-order valence-corrected chi connectivity index (χ2v) is 6.70. The Labute approximate surface area is 153 Å². The number of ether oxygens (including phenoxy) is 1. The molecule has 4 aromatic rings. The maximum Gasteiger partial charge on any atom is 0.145 e. The number of nitrogens with zero attached hydrogens (tertiary/aromatic N) is 3. The summed E-state index contributed by atoms with van der Waals surface area (Å²) in [6, 6.07) is 15.1. The number of imidazole rings is 1. The Bertz CT molecular complexity index is 1110. The van der Waals surface area contributed by atoms with Crippen LogP contribution in [0.5, 0.6) is 5.75 Å². The smallest absolute Gasteiger partial charge is 0.145 e. The Morgan fingerprint density at radius 2 is 2.00 bits per heavy atom. The summed E-state index contributed by atoms with van der Waals surface area (Å²) in [5, 5.41) is 11.6. The molecule has 0 saturated heterocycles. The molecule has 0 N–H and O–H groups in total. The number of hydrogen-bond acceptors (Lipinski definition) is 4. The summed E-state index contributed by atoms with van der Waals surface area (Å²) < 4.78 is 7.36. The van der Waals surface area contributed by atoms with Crippen LogP contribution in [0.2, 0.25) is 5.02 Å². The summed E-state index contributed by atoms with van der Waals surface area (Å²) in [6.45, 7) is 0. The highest BCUT2D eigenvalue weighted by Gasteiger charge is 2.18. The molecule has 0 amide bonds. The number of fused-ring (bicyclic) bond motifs is 1. The van der Waals surface area contributed by atoms with Gasteiger partial charge in [-0.1, -0.05) is 11.6 Å². The van der Waals surface area contributed by atoms with Gasteiger partial charge in [0.25, 0.3) is 0 Å². The van der Waals surface area contributed by atoms with Gasteiger partial charge in [-0.3, -0.25) is 4.40 Å². The molecule has 0 aliphatic heterocycles. The minimum atomic E-state index is 0.623. The molecule has 0 bridgehead atoms. The maximum atomic E-state index is 8.97. The van der Waals surface area contributed by atoms with Gasteiger partial charge < -0.3 is 4.74 Å². The van der Waals surface area contributed by atoms with Crippen molar-refractivity contribution in [3.63, 3.8) is 0 Å². The van der Waals surface area contributed by atoms with Crippen molar-refractivity contribution in [3.05, 3.63) is 64.6 Å².